The molecule has 0 atom stereocenters. The quantitative estimate of drug-likeness (QED) is 0.0554. The van der Waals surface area contributed by atoms with Crippen LogP contribution in [0.5, 0.6) is 0 Å². The zero-order chi connectivity index (χ0) is 73.1. The average Bonchev–Trinajstić information content (AvgIpc) is 0.770. The maximum atomic E-state index is 2.37. The number of para-hydroxylation sites is 2. The third kappa shape index (κ3) is 16.7. The number of fused-ring (bicyclic) bond motifs is 2. The van der Waals surface area contributed by atoms with E-state index in [1.54, 1.807) is 0 Å². The Hall–Kier alpha value is -13.9. The SMILES string of the molecule is C(/C=C/c1ccc(N(c2ccccc2)c2ccc(C=C(c3ccccc3)c3ccccc3)c3ccccc23)cc1)=C(c1ccccc1)c1ccccc1.Cc1ccc(C(=Cc2ccc(N(c3ccccc3)c3ccc(/C=C/C=C(c4ccccc4)c4ccccc4)c4ccccc34)cc2)c2ccc(C)cc2)cc1. The Bertz CT molecular complexity index is 5660. The average molecular weight is 1380 g/mol. The van der Waals surface area contributed by atoms with Crippen molar-refractivity contribution in [3.63, 3.8) is 0 Å². The van der Waals surface area contributed by atoms with E-state index in [0.717, 1.165) is 45.3 Å². The van der Waals surface area contributed by atoms with Gasteiger partial charge in [-0.2, -0.15) is 0 Å². The van der Waals surface area contributed by atoms with Crippen molar-refractivity contribution >= 4 is 102 Å². The van der Waals surface area contributed by atoms with Gasteiger partial charge < -0.3 is 9.80 Å². The van der Waals surface area contributed by atoms with E-state index >= 15 is 0 Å². The highest BCUT2D eigenvalue weighted by molar-refractivity contribution is 6.07. The van der Waals surface area contributed by atoms with Gasteiger partial charge in [-0.05, 0) is 186 Å². The second-order valence-corrected chi connectivity index (χ2v) is 26.9. The molecule has 0 aromatic heterocycles. The molecular weight excluding hydrogens is 1300 g/mol. The van der Waals surface area contributed by atoms with Crippen LogP contribution >= 0.6 is 0 Å². The van der Waals surface area contributed by atoms with Crippen molar-refractivity contribution in [2.75, 3.05) is 9.80 Å². The highest BCUT2D eigenvalue weighted by Gasteiger charge is 2.20. The topological polar surface area (TPSA) is 6.48 Å². The lowest BCUT2D eigenvalue weighted by Crippen LogP contribution is -2.10. The summed E-state index contributed by atoms with van der Waals surface area (Å²) in [4.78, 5) is 4.73. The van der Waals surface area contributed by atoms with Gasteiger partial charge in [0, 0.05) is 33.5 Å². The van der Waals surface area contributed by atoms with Crippen LogP contribution in [0.3, 0.4) is 0 Å². The van der Waals surface area contributed by atoms with E-state index in [-0.39, 0.29) is 0 Å². The van der Waals surface area contributed by atoms with Gasteiger partial charge in [0.2, 0.25) is 0 Å². The molecule has 0 heterocycles. The summed E-state index contributed by atoms with van der Waals surface area (Å²) in [5, 5.41) is 4.78. The summed E-state index contributed by atoms with van der Waals surface area (Å²) < 4.78 is 0. The smallest absolute Gasteiger partial charge is 0.0540 e. The van der Waals surface area contributed by atoms with E-state index < -0.39 is 0 Å². The summed E-state index contributed by atoms with van der Waals surface area (Å²) >= 11 is 0. The minimum Gasteiger partial charge on any atom is -0.310 e. The molecule has 16 rings (SSSR count). The fourth-order valence-corrected chi connectivity index (χ4v) is 14.1. The monoisotopic (exact) mass is 1380 g/mol. The van der Waals surface area contributed by atoms with Gasteiger partial charge in [0.1, 0.15) is 0 Å². The number of nitrogens with zero attached hydrogens (tertiary/aromatic N) is 2. The Morgan fingerprint density at radius 2 is 0.481 bits per heavy atom. The van der Waals surface area contributed by atoms with Crippen molar-refractivity contribution in [3.8, 4) is 0 Å². The van der Waals surface area contributed by atoms with Crippen LogP contribution in [0.2, 0.25) is 0 Å². The molecule has 2 nitrogen and oxygen atoms in total. The molecule has 0 saturated heterocycles. The molecule has 16 aromatic rings. The molecule has 108 heavy (non-hydrogen) atoms. The van der Waals surface area contributed by atoms with E-state index in [1.807, 2.05) is 0 Å². The van der Waals surface area contributed by atoms with Crippen molar-refractivity contribution < 1.29 is 0 Å². The minimum absolute atomic E-state index is 1.10. The summed E-state index contributed by atoms with van der Waals surface area (Å²) in [5.74, 6) is 0. The first-order chi connectivity index (χ1) is 53.4. The number of aryl methyl sites for hydroxylation is 2. The summed E-state index contributed by atoms with van der Waals surface area (Å²) in [7, 11) is 0. The van der Waals surface area contributed by atoms with Crippen LogP contribution in [-0.2, 0) is 0 Å². The Labute approximate surface area is 636 Å². The molecule has 0 bridgehead atoms. The van der Waals surface area contributed by atoms with Gasteiger partial charge in [0.05, 0.1) is 11.4 Å². The van der Waals surface area contributed by atoms with Crippen molar-refractivity contribution in [2.45, 2.75) is 13.8 Å². The maximum absolute atomic E-state index is 2.37. The van der Waals surface area contributed by atoms with E-state index in [1.165, 1.54) is 111 Å². The van der Waals surface area contributed by atoms with E-state index in [2.05, 4.69) is 485 Å². The number of benzene rings is 16. The summed E-state index contributed by atoms with van der Waals surface area (Å²) in [6.45, 7) is 4.27. The van der Waals surface area contributed by atoms with Gasteiger partial charge in [-0.25, -0.2) is 0 Å². The third-order valence-corrected chi connectivity index (χ3v) is 19.6. The van der Waals surface area contributed by atoms with E-state index in [9.17, 15) is 0 Å². The van der Waals surface area contributed by atoms with Gasteiger partial charge in [0.15, 0.2) is 0 Å². The first kappa shape index (κ1) is 69.8. The highest BCUT2D eigenvalue weighted by Crippen LogP contribution is 2.43. The molecule has 16 aromatic carbocycles. The van der Waals surface area contributed by atoms with Gasteiger partial charge in [-0.1, -0.05) is 399 Å². The number of hydrogen-bond donors (Lipinski definition) is 0. The number of anilines is 6. The zero-order valence-corrected chi connectivity index (χ0v) is 60.8. The molecule has 0 saturated carbocycles. The molecule has 0 aliphatic heterocycles. The number of rotatable bonds is 20. The zero-order valence-electron chi connectivity index (χ0n) is 60.8. The van der Waals surface area contributed by atoms with E-state index in [0.29, 0.717) is 0 Å². The Morgan fingerprint density at radius 1 is 0.204 bits per heavy atom. The minimum atomic E-state index is 1.10. The lowest BCUT2D eigenvalue weighted by atomic mass is 9.93. The number of hydrogen-bond acceptors (Lipinski definition) is 2. The summed E-state index contributed by atoms with van der Waals surface area (Å²) in [6.07, 6.45) is 17.8. The lowest BCUT2D eigenvalue weighted by molar-refractivity contribution is 1.29. The molecule has 0 radical (unpaired) electrons. The Morgan fingerprint density at radius 3 is 0.861 bits per heavy atom. The van der Waals surface area contributed by atoms with Gasteiger partial charge in [-0.3, -0.25) is 0 Å². The van der Waals surface area contributed by atoms with Crippen molar-refractivity contribution in [2.24, 2.45) is 0 Å². The first-order valence-electron chi connectivity index (χ1n) is 37.0. The van der Waals surface area contributed by atoms with Crippen LogP contribution in [0.4, 0.5) is 34.1 Å². The molecule has 0 unspecified atom stereocenters. The maximum Gasteiger partial charge on any atom is 0.0540 e. The largest absolute Gasteiger partial charge is 0.310 e. The molecule has 0 N–H and O–H groups in total. The first-order valence-corrected chi connectivity index (χ1v) is 37.0. The van der Waals surface area contributed by atoms with Gasteiger partial charge in [-0.15, -0.1) is 0 Å². The van der Waals surface area contributed by atoms with E-state index in [4.69, 9.17) is 0 Å². The molecule has 2 heteroatoms. The second kappa shape index (κ2) is 34.1. The standard InChI is InChI=1S/C54H43N.C52H39N/c1-40-25-31-46(32-26-40)53(47-33-27-41(2)28-34-47)39-42-29-36-49(37-30-42)55(48-20-10-5-11-21-48)54-38-35-45(51-22-12-13-23-52(51)54)19-14-24-50(43-15-6-3-7-16-43)44-17-8-4-9-18-44;1-6-20-41(21-7-1)48(42-22-8-2-9-23-42)32-18-19-40-33-36-47(37-34-40)53(46-28-14-5-15-29-46)52-38-35-45(49-30-16-17-31-50(49)52)39-51(43-24-10-3-11-25-43)44-26-12-4-13-27-44/h3-39H,1-2H3;1-39H/b19-14+;19-18+. The fourth-order valence-electron chi connectivity index (χ4n) is 14.1. The van der Waals surface area contributed by atoms with Gasteiger partial charge in [0.25, 0.3) is 0 Å². The predicted molar refractivity (Wildman–Crippen MR) is 464 cm³/mol. The highest BCUT2D eigenvalue weighted by atomic mass is 15.1. The van der Waals surface area contributed by atoms with Crippen LogP contribution in [0.15, 0.2) is 437 Å². The summed E-state index contributed by atoms with van der Waals surface area (Å²) in [5.41, 5.74) is 28.2. The van der Waals surface area contributed by atoms with Crippen LogP contribution in [-0.4, -0.2) is 0 Å². The molecule has 0 amide bonds. The molecule has 0 fully saturated rings. The number of allylic oxidation sites excluding steroid dienone is 4. The summed E-state index contributed by atoms with van der Waals surface area (Å²) in [6, 6.07) is 147. The molecule has 0 spiro atoms. The van der Waals surface area contributed by atoms with Crippen molar-refractivity contribution in [3.05, 3.63) is 515 Å². The molecule has 0 aliphatic carbocycles. The van der Waals surface area contributed by atoms with Crippen molar-refractivity contribution in [1.29, 1.82) is 0 Å². The van der Waals surface area contributed by atoms with Gasteiger partial charge >= 0.3 is 0 Å². The molecule has 0 aliphatic rings. The lowest BCUT2D eigenvalue weighted by Gasteiger charge is -2.27. The molecule has 516 valence electrons. The fraction of sp³-hybridized carbons (Fsp3) is 0.0189. The Balaban J connectivity index is 0.000000172. The van der Waals surface area contributed by atoms with Crippen LogP contribution < -0.4 is 9.80 Å². The molecular formula is C106H82N2. The third-order valence-electron chi connectivity index (χ3n) is 19.6. The second-order valence-electron chi connectivity index (χ2n) is 26.9. The van der Waals surface area contributed by atoms with Crippen LogP contribution in [0.1, 0.15) is 77.9 Å². The van der Waals surface area contributed by atoms with Crippen LogP contribution in [0.25, 0.3) is 68.1 Å². The Kier molecular flexibility index (Phi) is 22.0. The van der Waals surface area contributed by atoms with Crippen LogP contribution in [0, 0.1) is 13.8 Å². The predicted octanol–water partition coefficient (Wildman–Crippen LogP) is 28.7. The van der Waals surface area contributed by atoms with Crippen molar-refractivity contribution in [1.82, 2.24) is 0 Å². The normalized spacial score (nSPS) is 11.0.